The van der Waals surface area contributed by atoms with E-state index in [0.717, 1.165) is 18.4 Å². The standard InChI is InChI=1S/C11H9Cl2NO/c12-7-1-2-8(9(13)5-7)10-11(3-4-11)14-6-15-10/h1-2,5-6,10H,3-4H2. The summed E-state index contributed by atoms with van der Waals surface area (Å²) in [5.74, 6) is 0. The first-order valence-electron chi connectivity index (χ1n) is 4.85. The zero-order chi connectivity index (χ0) is 10.5. The van der Waals surface area contributed by atoms with Crippen molar-refractivity contribution in [3.05, 3.63) is 33.8 Å². The second-order valence-corrected chi connectivity index (χ2v) is 4.86. The summed E-state index contributed by atoms with van der Waals surface area (Å²) in [5.41, 5.74) is 0.952. The van der Waals surface area contributed by atoms with Gasteiger partial charge < -0.3 is 4.74 Å². The van der Waals surface area contributed by atoms with Gasteiger partial charge in [-0.15, -0.1) is 0 Å². The summed E-state index contributed by atoms with van der Waals surface area (Å²) in [6.07, 6.45) is 3.67. The summed E-state index contributed by atoms with van der Waals surface area (Å²) in [7, 11) is 0. The molecule has 0 aromatic heterocycles. The third kappa shape index (κ3) is 1.44. The van der Waals surface area contributed by atoms with Crippen molar-refractivity contribution in [2.75, 3.05) is 0 Å². The highest BCUT2D eigenvalue weighted by atomic mass is 35.5. The number of nitrogens with zero attached hydrogens (tertiary/aromatic N) is 1. The number of aliphatic imine (C=N–C) groups is 1. The van der Waals surface area contributed by atoms with E-state index in [-0.39, 0.29) is 11.6 Å². The monoisotopic (exact) mass is 241 g/mol. The molecule has 1 atom stereocenters. The van der Waals surface area contributed by atoms with Gasteiger partial charge in [-0.05, 0) is 25.0 Å². The lowest BCUT2D eigenvalue weighted by Crippen LogP contribution is -2.14. The fourth-order valence-corrected chi connectivity index (χ4v) is 2.49. The lowest BCUT2D eigenvalue weighted by atomic mass is 10.0. The van der Waals surface area contributed by atoms with Crippen LogP contribution in [0, 0.1) is 0 Å². The lowest BCUT2D eigenvalue weighted by Gasteiger charge is -2.17. The molecular weight excluding hydrogens is 233 g/mol. The largest absolute Gasteiger partial charge is 0.473 e. The maximum atomic E-state index is 6.14. The van der Waals surface area contributed by atoms with E-state index in [9.17, 15) is 0 Å². The second-order valence-electron chi connectivity index (χ2n) is 4.02. The molecule has 1 unspecified atom stereocenters. The highest BCUT2D eigenvalue weighted by Gasteiger charge is 2.54. The summed E-state index contributed by atoms with van der Waals surface area (Å²) < 4.78 is 5.52. The van der Waals surface area contributed by atoms with Gasteiger partial charge in [-0.3, -0.25) is 0 Å². The highest BCUT2D eigenvalue weighted by molar-refractivity contribution is 6.35. The minimum absolute atomic E-state index is 0.0257. The second kappa shape index (κ2) is 3.13. The Balaban J connectivity index is 2.00. The number of rotatable bonds is 1. The molecule has 2 nitrogen and oxygen atoms in total. The molecule has 0 bridgehead atoms. The maximum absolute atomic E-state index is 6.14. The van der Waals surface area contributed by atoms with Crippen molar-refractivity contribution in [1.29, 1.82) is 0 Å². The van der Waals surface area contributed by atoms with E-state index < -0.39 is 0 Å². The molecule has 4 heteroatoms. The van der Waals surface area contributed by atoms with E-state index in [1.807, 2.05) is 12.1 Å². The van der Waals surface area contributed by atoms with Gasteiger partial charge in [0.05, 0.1) is 0 Å². The van der Waals surface area contributed by atoms with Crippen LogP contribution in [0.25, 0.3) is 0 Å². The first kappa shape index (κ1) is 9.49. The molecule has 1 aromatic carbocycles. The van der Waals surface area contributed by atoms with Crippen LogP contribution >= 0.6 is 23.2 Å². The van der Waals surface area contributed by atoms with Crippen LogP contribution in [0.15, 0.2) is 23.2 Å². The maximum Gasteiger partial charge on any atom is 0.171 e. The van der Waals surface area contributed by atoms with Gasteiger partial charge in [-0.1, -0.05) is 29.3 Å². The van der Waals surface area contributed by atoms with Crippen LogP contribution in [0.3, 0.4) is 0 Å². The highest BCUT2D eigenvalue weighted by Crippen LogP contribution is 2.54. The average molecular weight is 242 g/mol. The molecule has 1 aromatic rings. The first-order chi connectivity index (χ1) is 7.21. The quantitative estimate of drug-likeness (QED) is 0.736. The van der Waals surface area contributed by atoms with Crippen molar-refractivity contribution < 1.29 is 4.74 Å². The molecule has 1 aliphatic heterocycles. The fourth-order valence-electron chi connectivity index (χ4n) is 1.99. The van der Waals surface area contributed by atoms with Gasteiger partial charge in [0.15, 0.2) is 12.5 Å². The summed E-state index contributed by atoms with van der Waals surface area (Å²) >= 11 is 12.0. The summed E-state index contributed by atoms with van der Waals surface area (Å²) in [6.45, 7) is 0. The lowest BCUT2D eigenvalue weighted by molar-refractivity contribution is 0.195. The van der Waals surface area contributed by atoms with Crippen molar-refractivity contribution in [2.24, 2.45) is 4.99 Å². The molecule has 2 aliphatic rings. The molecule has 1 heterocycles. The van der Waals surface area contributed by atoms with Crippen molar-refractivity contribution in [3.63, 3.8) is 0 Å². The Kier molecular flexibility index (Phi) is 1.98. The SMILES string of the molecule is Clc1ccc(C2OC=NC23CC3)c(Cl)c1. The van der Waals surface area contributed by atoms with Gasteiger partial charge >= 0.3 is 0 Å². The molecule has 1 aliphatic carbocycles. The third-order valence-electron chi connectivity index (χ3n) is 3.00. The zero-order valence-electron chi connectivity index (χ0n) is 7.91. The topological polar surface area (TPSA) is 21.6 Å². The molecule has 0 N–H and O–H groups in total. The van der Waals surface area contributed by atoms with Crippen LogP contribution < -0.4 is 0 Å². The van der Waals surface area contributed by atoms with E-state index >= 15 is 0 Å². The van der Waals surface area contributed by atoms with Gasteiger partial charge in [0.25, 0.3) is 0 Å². The average Bonchev–Trinajstić information content (AvgIpc) is 2.82. The molecule has 1 spiro atoms. The van der Waals surface area contributed by atoms with Gasteiger partial charge in [-0.2, -0.15) is 0 Å². The van der Waals surface area contributed by atoms with Crippen molar-refractivity contribution in [1.82, 2.24) is 0 Å². The number of halogens is 2. The summed E-state index contributed by atoms with van der Waals surface area (Å²) in [5, 5.41) is 1.30. The molecule has 1 fully saturated rings. The van der Waals surface area contributed by atoms with Crippen LogP contribution in [-0.2, 0) is 4.74 Å². The fraction of sp³-hybridized carbons (Fsp3) is 0.364. The van der Waals surface area contributed by atoms with Crippen LogP contribution in [0.2, 0.25) is 10.0 Å². The number of benzene rings is 1. The third-order valence-corrected chi connectivity index (χ3v) is 3.56. The van der Waals surface area contributed by atoms with E-state index in [4.69, 9.17) is 27.9 Å². The van der Waals surface area contributed by atoms with Crippen molar-refractivity contribution in [3.8, 4) is 0 Å². The van der Waals surface area contributed by atoms with E-state index in [2.05, 4.69) is 4.99 Å². The van der Waals surface area contributed by atoms with Gasteiger partial charge in [0.1, 0.15) is 5.54 Å². The normalized spacial score (nSPS) is 25.6. The zero-order valence-corrected chi connectivity index (χ0v) is 9.42. The Morgan fingerprint density at radius 1 is 1.33 bits per heavy atom. The summed E-state index contributed by atoms with van der Waals surface area (Å²) in [4.78, 5) is 4.36. The van der Waals surface area contributed by atoms with E-state index in [1.165, 1.54) is 0 Å². The number of ether oxygens (including phenoxy) is 1. The predicted octanol–water partition coefficient (Wildman–Crippen LogP) is 3.63. The molecule has 78 valence electrons. The molecule has 3 rings (SSSR count). The van der Waals surface area contributed by atoms with Crippen LogP contribution in [-0.4, -0.2) is 11.9 Å². The van der Waals surface area contributed by atoms with Crippen molar-refractivity contribution >= 4 is 29.6 Å². The molecule has 1 saturated carbocycles. The van der Waals surface area contributed by atoms with Crippen LogP contribution in [0.4, 0.5) is 0 Å². The Bertz CT molecular complexity index is 440. The molecule has 15 heavy (non-hydrogen) atoms. The van der Waals surface area contributed by atoms with Crippen LogP contribution in [0.5, 0.6) is 0 Å². The van der Waals surface area contributed by atoms with Gasteiger partial charge in [0.2, 0.25) is 0 Å². The molecule has 0 amide bonds. The Morgan fingerprint density at radius 2 is 2.13 bits per heavy atom. The van der Waals surface area contributed by atoms with E-state index in [0.29, 0.717) is 10.0 Å². The van der Waals surface area contributed by atoms with Crippen LogP contribution in [0.1, 0.15) is 24.5 Å². The Hall–Kier alpha value is -0.730. The number of hydrogen-bond acceptors (Lipinski definition) is 2. The van der Waals surface area contributed by atoms with Gasteiger partial charge in [-0.25, -0.2) is 4.99 Å². The molecular formula is C11H9Cl2NO. The molecule has 0 saturated heterocycles. The Morgan fingerprint density at radius 3 is 2.80 bits per heavy atom. The Labute approximate surface area is 97.9 Å². The molecule has 0 radical (unpaired) electrons. The van der Waals surface area contributed by atoms with E-state index in [1.54, 1.807) is 12.5 Å². The minimum atomic E-state index is -0.0303. The van der Waals surface area contributed by atoms with Crippen molar-refractivity contribution in [2.45, 2.75) is 24.5 Å². The first-order valence-corrected chi connectivity index (χ1v) is 5.61. The minimum Gasteiger partial charge on any atom is -0.473 e. The smallest absolute Gasteiger partial charge is 0.171 e. The summed E-state index contributed by atoms with van der Waals surface area (Å²) in [6, 6.07) is 5.50. The predicted molar refractivity (Wildman–Crippen MR) is 60.7 cm³/mol. The number of hydrogen-bond donors (Lipinski definition) is 0. The van der Waals surface area contributed by atoms with Gasteiger partial charge in [0, 0.05) is 15.6 Å².